The maximum absolute atomic E-state index is 14.0. The largest absolute Gasteiger partial charge is 0.351 e. The molecule has 0 radical (unpaired) electrons. The highest BCUT2D eigenvalue weighted by Crippen LogP contribution is 2.27. The summed E-state index contributed by atoms with van der Waals surface area (Å²) in [6.45, 7) is 2.36. The second kappa shape index (κ2) is 8.68. The number of nitrogens with one attached hydrogen (secondary N) is 1. The first-order chi connectivity index (χ1) is 13.1. The molecule has 0 saturated carbocycles. The molecule has 0 aliphatic heterocycles. The van der Waals surface area contributed by atoms with Gasteiger partial charge in [-0.15, -0.1) is 10.2 Å². The minimum absolute atomic E-state index is 0.109. The van der Waals surface area contributed by atoms with Crippen LogP contribution in [-0.4, -0.2) is 26.0 Å². The number of nitrogens with two attached hydrogens (primary N) is 1. The first kappa shape index (κ1) is 18.9. The number of carbonyl (C=O) groups is 1. The lowest BCUT2D eigenvalue weighted by Crippen LogP contribution is -2.32. The summed E-state index contributed by atoms with van der Waals surface area (Å²) < 4.78 is 15.2. The molecule has 1 atom stereocenters. The van der Waals surface area contributed by atoms with E-state index in [-0.39, 0.29) is 22.5 Å². The molecule has 2 aromatic carbocycles. The minimum Gasteiger partial charge on any atom is -0.351 e. The number of aromatic nitrogens is 3. The van der Waals surface area contributed by atoms with Crippen molar-refractivity contribution < 1.29 is 9.18 Å². The standard InChI is InChI=1S/C19H20FN5OS/c1-2-16(18(26)22-12-13-8-4-3-5-9-13)27-19-24-23-17(25(19)21)14-10-6-7-11-15(14)20/h3-11,16H,2,12,21H2,1H3,(H,22,26). The lowest BCUT2D eigenvalue weighted by molar-refractivity contribution is -0.120. The van der Waals surface area contributed by atoms with E-state index in [1.165, 1.54) is 22.5 Å². The van der Waals surface area contributed by atoms with Crippen molar-refractivity contribution in [3.05, 3.63) is 66.0 Å². The van der Waals surface area contributed by atoms with Crippen LogP contribution in [0.5, 0.6) is 0 Å². The second-order valence-corrected chi connectivity index (χ2v) is 7.04. The number of hydrogen-bond acceptors (Lipinski definition) is 5. The molecular weight excluding hydrogens is 365 g/mol. The third-order valence-electron chi connectivity index (χ3n) is 4.00. The summed E-state index contributed by atoms with van der Waals surface area (Å²) in [5.41, 5.74) is 1.29. The summed E-state index contributed by atoms with van der Waals surface area (Å²) in [5.74, 6) is 5.72. The number of hydrogen-bond donors (Lipinski definition) is 2. The first-order valence-electron chi connectivity index (χ1n) is 8.53. The third-order valence-corrected chi connectivity index (χ3v) is 5.32. The topological polar surface area (TPSA) is 85.8 Å². The Bertz CT molecular complexity index is 915. The fraction of sp³-hybridized carbons (Fsp3) is 0.211. The lowest BCUT2D eigenvalue weighted by atomic mass is 10.2. The summed E-state index contributed by atoms with van der Waals surface area (Å²) in [4.78, 5) is 12.5. The van der Waals surface area contributed by atoms with Crippen LogP contribution in [0.25, 0.3) is 11.4 Å². The Kier molecular flexibility index (Phi) is 6.08. The van der Waals surface area contributed by atoms with Gasteiger partial charge in [-0.05, 0) is 24.1 Å². The van der Waals surface area contributed by atoms with Crippen LogP contribution in [0.1, 0.15) is 18.9 Å². The van der Waals surface area contributed by atoms with Gasteiger partial charge in [0.15, 0.2) is 5.82 Å². The van der Waals surface area contributed by atoms with Crippen molar-refractivity contribution in [2.75, 3.05) is 5.84 Å². The average Bonchev–Trinajstić information content (AvgIpc) is 3.05. The molecule has 3 N–H and O–H groups in total. The molecule has 8 heteroatoms. The van der Waals surface area contributed by atoms with Gasteiger partial charge in [-0.3, -0.25) is 4.79 Å². The molecule has 0 aliphatic rings. The quantitative estimate of drug-likeness (QED) is 0.482. The van der Waals surface area contributed by atoms with E-state index in [0.29, 0.717) is 18.1 Å². The van der Waals surface area contributed by atoms with Crippen molar-refractivity contribution in [3.63, 3.8) is 0 Å². The highest BCUT2D eigenvalue weighted by atomic mass is 32.2. The summed E-state index contributed by atoms with van der Waals surface area (Å²) in [7, 11) is 0. The van der Waals surface area contributed by atoms with E-state index in [1.54, 1.807) is 18.2 Å². The molecule has 0 aliphatic carbocycles. The maximum Gasteiger partial charge on any atom is 0.233 e. The summed E-state index contributed by atoms with van der Waals surface area (Å²) in [6.07, 6.45) is 0.590. The zero-order chi connectivity index (χ0) is 19.2. The third kappa shape index (κ3) is 4.46. The maximum atomic E-state index is 14.0. The number of nitrogens with zero attached hydrogens (tertiary/aromatic N) is 3. The molecule has 1 heterocycles. The van der Waals surface area contributed by atoms with Gasteiger partial charge < -0.3 is 11.2 Å². The van der Waals surface area contributed by atoms with Crippen LogP contribution < -0.4 is 11.2 Å². The lowest BCUT2D eigenvalue weighted by Gasteiger charge is -2.14. The monoisotopic (exact) mass is 385 g/mol. The Hall–Kier alpha value is -2.87. The van der Waals surface area contributed by atoms with E-state index in [1.807, 2.05) is 37.3 Å². The van der Waals surface area contributed by atoms with Gasteiger partial charge in [0, 0.05) is 6.54 Å². The number of thioether (sulfide) groups is 1. The van der Waals surface area contributed by atoms with E-state index in [9.17, 15) is 9.18 Å². The fourth-order valence-corrected chi connectivity index (χ4v) is 3.43. The normalized spacial score (nSPS) is 11.9. The predicted octanol–water partition coefficient (Wildman–Crippen LogP) is 2.99. The molecule has 3 aromatic rings. The molecular formula is C19H20FN5OS. The van der Waals surface area contributed by atoms with Crippen LogP contribution in [0, 0.1) is 5.82 Å². The van der Waals surface area contributed by atoms with Gasteiger partial charge in [0.05, 0.1) is 10.8 Å². The highest BCUT2D eigenvalue weighted by Gasteiger charge is 2.23. The van der Waals surface area contributed by atoms with Crippen LogP contribution in [0.4, 0.5) is 4.39 Å². The Balaban J connectivity index is 1.69. The van der Waals surface area contributed by atoms with Gasteiger partial charge in [0.2, 0.25) is 11.1 Å². The van der Waals surface area contributed by atoms with Crippen LogP contribution in [-0.2, 0) is 11.3 Å². The summed E-state index contributed by atoms with van der Waals surface area (Å²) >= 11 is 1.21. The van der Waals surface area contributed by atoms with Crippen molar-refractivity contribution in [2.24, 2.45) is 0 Å². The SMILES string of the molecule is CCC(Sc1nnc(-c2ccccc2F)n1N)C(=O)NCc1ccccc1. The highest BCUT2D eigenvalue weighted by molar-refractivity contribution is 8.00. The predicted molar refractivity (Wildman–Crippen MR) is 104 cm³/mol. The Morgan fingerprint density at radius 1 is 1.19 bits per heavy atom. The number of benzene rings is 2. The molecule has 0 fully saturated rings. The van der Waals surface area contributed by atoms with E-state index < -0.39 is 5.82 Å². The molecule has 27 heavy (non-hydrogen) atoms. The van der Waals surface area contributed by atoms with Crippen molar-refractivity contribution in [1.29, 1.82) is 0 Å². The number of halogens is 1. The molecule has 3 rings (SSSR count). The zero-order valence-electron chi connectivity index (χ0n) is 14.8. The van der Waals surface area contributed by atoms with Crippen LogP contribution in [0.3, 0.4) is 0 Å². The van der Waals surface area contributed by atoms with Crippen LogP contribution in [0.15, 0.2) is 59.8 Å². The zero-order valence-corrected chi connectivity index (χ0v) is 15.6. The van der Waals surface area contributed by atoms with Crippen molar-refractivity contribution in [1.82, 2.24) is 20.2 Å². The van der Waals surface area contributed by atoms with Crippen LogP contribution in [0.2, 0.25) is 0 Å². The van der Waals surface area contributed by atoms with Crippen LogP contribution >= 0.6 is 11.8 Å². The average molecular weight is 385 g/mol. The minimum atomic E-state index is -0.430. The van der Waals surface area contributed by atoms with Gasteiger partial charge >= 0.3 is 0 Å². The van der Waals surface area contributed by atoms with Gasteiger partial charge in [0.25, 0.3) is 0 Å². The number of rotatable bonds is 7. The van der Waals surface area contributed by atoms with E-state index in [2.05, 4.69) is 15.5 Å². The van der Waals surface area contributed by atoms with Crippen molar-refractivity contribution in [3.8, 4) is 11.4 Å². The van der Waals surface area contributed by atoms with Gasteiger partial charge in [-0.25, -0.2) is 9.07 Å². The van der Waals surface area contributed by atoms with Crippen molar-refractivity contribution in [2.45, 2.75) is 30.3 Å². The molecule has 1 aromatic heterocycles. The summed E-state index contributed by atoms with van der Waals surface area (Å²) in [5, 5.41) is 10.9. The molecule has 0 saturated heterocycles. The van der Waals surface area contributed by atoms with E-state index >= 15 is 0 Å². The molecule has 1 unspecified atom stereocenters. The van der Waals surface area contributed by atoms with Gasteiger partial charge in [-0.1, -0.05) is 61.2 Å². The van der Waals surface area contributed by atoms with Crippen molar-refractivity contribution >= 4 is 17.7 Å². The summed E-state index contributed by atoms with van der Waals surface area (Å²) in [6, 6.07) is 15.9. The molecule has 0 bridgehead atoms. The molecule has 140 valence electrons. The first-order valence-corrected chi connectivity index (χ1v) is 9.41. The molecule has 1 amide bonds. The molecule has 0 spiro atoms. The van der Waals surface area contributed by atoms with E-state index in [0.717, 1.165) is 5.56 Å². The van der Waals surface area contributed by atoms with E-state index in [4.69, 9.17) is 5.84 Å². The number of amides is 1. The fourth-order valence-electron chi connectivity index (χ4n) is 2.53. The van der Waals surface area contributed by atoms with Gasteiger partial charge in [0.1, 0.15) is 5.82 Å². The number of nitrogen functional groups attached to an aromatic ring is 1. The van der Waals surface area contributed by atoms with Gasteiger partial charge in [-0.2, -0.15) is 0 Å². The number of carbonyl (C=O) groups excluding carboxylic acids is 1. The Morgan fingerprint density at radius 3 is 2.59 bits per heavy atom. The smallest absolute Gasteiger partial charge is 0.233 e. The Morgan fingerprint density at radius 2 is 1.89 bits per heavy atom. The molecule has 6 nitrogen and oxygen atoms in total. The second-order valence-electron chi connectivity index (χ2n) is 5.87. The Labute approximate surface area is 161 Å².